The molecule has 0 unspecified atom stereocenters. The number of nitrogens with zero attached hydrogens (tertiary/aromatic N) is 2. The third kappa shape index (κ3) is 4.60. The molecular formula is C13H16ClN5O2S. The van der Waals surface area contributed by atoms with E-state index >= 15 is 0 Å². The Bertz CT molecular complexity index is 690. The molecule has 0 aliphatic heterocycles. The summed E-state index contributed by atoms with van der Waals surface area (Å²) in [6.07, 6.45) is 2.30. The van der Waals surface area contributed by atoms with E-state index in [0.717, 1.165) is 6.42 Å². The van der Waals surface area contributed by atoms with E-state index in [1.807, 2.05) is 13.8 Å². The molecule has 0 bridgehead atoms. The summed E-state index contributed by atoms with van der Waals surface area (Å²) in [4.78, 5) is 34.5. The summed E-state index contributed by atoms with van der Waals surface area (Å²) >= 11 is 7.03. The topological polar surface area (TPSA) is 99.8 Å². The Labute approximate surface area is 136 Å². The van der Waals surface area contributed by atoms with E-state index < -0.39 is 11.9 Å². The van der Waals surface area contributed by atoms with E-state index in [9.17, 15) is 9.59 Å². The van der Waals surface area contributed by atoms with Crippen LogP contribution in [0.3, 0.4) is 0 Å². The molecule has 2 rings (SSSR count). The number of urea groups is 1. The van der Waals surface area contributed by atoms with Crippen LogP contribution in [0.15, 0.2) is 17.4 Å². The summed E-state index contributed by atoms with van der Waals surface area (Å²) < 4.78 is 0. The predicted octanol–water partition coefficient (Wildman–Crippen LogP) is 2.33. The van der Waals surface area contributed by atoms with Gasteiger partial charge in [-0.25, -0.2) is 14.8 Å². The van der Waals surface area contributed by atoms with Crippen molar-refractivity contribution >= 4 is 46.5 Å². The number of imidazole rings is 1. The molecule has 2 aromatic rings. The van der Waals surface area contributed by atoms with Crippen molar-refractivity contribution in [2.45, 2.75) is 31.5 Å². The molecule has 3 amide bonds. The highest BCUT2D eigenvalue weighted by Gasteiger charge is 2.12. The number of pyridine rings is 1. The van der Waals surface area contributed by atoms with Crippen molar-refractivity contribution < 1.29 is 9.59 Å². The van der Waals surface area contributed by atoms with Crippen molar-refractivity contribution in [2.24, 2.45) is 0 Å². The number of fused-ring (bicyclic) bond motifs is 1. The average Bonchev–Trinajstić information content (AvgIpc) is 2.86. The predicted molar refractivity (Wildman–Crippen MR) is 86.1 cm³/mol. The minimum absolute atomic E-state index is 0.0200. The van der Waals surface area contributed by atoms with Crippen molar-refractivity contribution in [3.05, 3.63) is 17.3 Å². The number of hydrogen-bond acceptors (Lipinski definition) is 5. The summed E-state index contributed by atoms with van der Waals surface area (Å²) in [5.41, 5.74) is 1.23. The van der Waals surface area contributed by atoms with Gasteiger partial charge >= 0.3 is 6.03 Å². The van der Waals surface area contributed by atoms with Gasteiger partial charge in [-0.15, -0.1) is 0 Å². The molecule has 0 saturated heterocycles. The standard InChI is InChI=1S/C13H16ClN5O2S/c1-3-7(2)16-12(21)18-10(20)6-22-13-17-9-4-8(14)5-15-11(9)19-13/h4-5,7H,3,6H2,1-2H3,(H,15,17,19)(H2,16,18,20,21)/t7-/m1/s1. The molecule has 1 atom stereocenters. The summed E-state index contributed by atoms with van der Waals surface area (Å²) in [5, 5.41) is 5.98. The van der Waals surface area contributed by atoms with Gasteiger partial charge in [0, 0.05) is 12.2 Å². The molecule has 0 aromatic carbocycles. The van der Waals surface area contributed by atoms with Gasteiger partial charge in [0.15, 0.2) is 10.8 Å². The Balaban J connectivity index is 1.86. The molecule has 118 valence electrons. The van der Waals surface area contributed by atoms with Gasteiger partial charge in [0.2, 0.25) is 5.91 Å². The van der Waals surface area contributed by atoms with Gasteiger partial charge in [0.1, 0.15) is 0 Å². The molecule has 7 nitrogen and oxygen atoms in total. The molecule has 9 heteroatoms. The van der Waals surface area contributed by atoms with Gasteiger partial charge in [-0.1, -0.05) is 30.3 Å². The molecule has 0 radical (unpaired) electrons. The average molecular weight is 342 g/mol. The van der Waals surface area contributed by atoms with E-state index in [-0.39, 0.29) is 11.8 Å². The third-order valence-electron chi connectivity index (χ3n) is 2.87. The van der Waals surface area contributed by atoms with Crippen LogP contribution in [0, 0.1) is 0 Å². The van der Waals surface area contributed by atoms with E-state index in [0.29, 0.717) is 21.3 Å². The number of amides is 3. The van der Waals surface area contributed by atoms with E-state index in [1.165, 1.54) is 18.0 Å². The quantitative estimate of drug-likeness (QED) is 0.725. The molecule has 0 saturated carbocycles. The van der Waals surface area contributed by atoms with Crippen LogP contribution >= 0.6 is 23.4 Å². The second kappa shape index (κ2) is 7.46. The van der Waals surface area contributed by atoms with E-state index in [2.05, 4.69) is 25.6 Å². The van der Waals surface area contributed by atoms with Crippen LogP contribution in [0.2, 0.25) is 5.02 Å². The Morgan fingerprint density at radius 2 is 2.27 bits per heavy atom. The Kier molecular flexibility index (Phi) is 5.62. The SMILES string of the molecule is CC[C@@H](C)NC(=O)NC(=O)CSc1nc2ncc(Cl)cc2[nH]1. The zero-order valence-electron chi connectivity index (χ0n) is 12.1. The third-order valence-corrected chi connectivity index (χ3v) is 3.95. The first-order valence-electron chi connectivity index (χ1n) is 6.72. The molecule has 3 N–H and O–H groups in total. The van der Waals surface area contributed by atoms with E-state index in [4.69, 9.17) is 11.6 Å². The molecule has 0 aliphatic rings. The fourth-order valence-corrected chi connectivity index (χ4v) is 2.41. The van der Waals surface area contributed by atoms with Gasteiger partial charge < -0.3 is 10.3 Å². The summed E-state index contributed by atoms with van der Waals surface area (Å²) in [5.74, 6) is -0.321. The first-order chi connectivity index (χ1) is 10.5. The highest BCUT2D eigenvalue weighted by molar-refractivity contribution is 7.99. The smallest absolute Gasteiger partial charge is 0.321 e. The van der Waals surface area contributed by atoms with Gasteiger partial charge in [-0.05, 0) is 19.4 Å². The highest BCUT2D eigenvalue weighted by atomic mass is 35.5. The van der Waals surface area contributed by atoms with Crippen molar-refractivity contribution in [1.82, 2.24) is 25.6 Å². The number of aromatic amines is 1. The first kappa shape index (κ1) is 16.6. The summed E-state index contributed by atoms with van der Waals surface area (Å²) in [7, 11) is 0. The van der Waals surface area contributed by atoms with Crippen LogP contribution in [0.1, 0.15) is 20.3 Å². The molecular weight excluding hydrogens is 326 g/mol. The van der Waals surface area contributed by atoms with Crippen LogP contribution in [0.5, 0.6) is 0 Å². The molecule has 2 aromatic heterocycles. The minimum Gasteiger partial charge on any atom is -0.335 e. The molecule has 0 fully saturated rings. The monoisotopic (exact) mass is 341 g/mol. The summed E-state index contributed by atoms with van der Waals surface area (Å²) in [6.45, 7) is 3.82. The van der Waals surface area contributed by atoms with Crippen molar-refractivity contribution in [2.75, 3.05) is 5.75 Å². The van der Waals surface area contributed by atoms with Crippen LogP contribution in [-0.2, 0) is 4.79 Å². The zero-order chi connectivity index (χ0) is 16.1. The Morgan fingerprint density at radius 3 is 3.00 bits per heavy atom. The number of nitrogens with one attached hydrogen (secondary N) is 3. The molecule has 0 aliphatic carbocycles. The number of H-pyrrole nitrogens is 1. The molecule has 22 heavy (non-hydrogen) atoms. The van der Waals surface area contributed by atoms with E-state index in [1.54, 1.807) is 6.07 Å². The summed E-state index contributed by atoms with van der Waals surface area (Å²) in [6, 6.07) is 1.24. The van der Waals surface area contributed by atoms with Crippen LogP contribution in [-0.4, -0.2) is 38.7 Å². The number of hydrogen-bond donors (Lipinski definition) is 3. The maximum Gasteiger partial charge on any atom is 0.321 e. The van der Waals surface area contributed by atoms with Crippen LogP contribution < -0.4 is 10.6 Å². The highest BCUT2D eigenvalue weighted by Crippen LogP contribution is 2.20. The molecule has 2 heterocycles. The zero-order valence-corrected chi connectivity index (χ0v) is 13.7. The first-order valence-corrected chi connectivity index (χ1v) is 8.08. The maximum absolute atomic E-state index is 11.7. The van der Waals surface area contributed by atoms with Gasteiger partial charge in [-0.3, -0.25) is 10.1 Å². The fraction of sp³-hybridized carbons (Fsp3) is 0.385. The lowest BCUT2D eigenvalue weighted by molar-refractivity contribution is -0.117. The number of halogens is 1. The lowest BCUT2D eigenvalue weighted by Gasteiger charge is -2.11. The number of thioether (sulfide) groups is 1. The Morgan fingerprint density at radius 1 is 1.50 bits per heavy atom. The number of imide groups is 1. The number of carbonyl (C=O) groups is 2. The second-order valence-electron chi connectivity index (χ2n) is 4.69. The Hall–Kier alpha value is -1.80. The molecule has 0 spiro atoms. The fourth-order valence-electron chi connectivity index (χ4n) is 1.58. The number of aromatic nitrogens is 3. The van der Waals surface area contributed by atoms with Crippen molar-refractivity contribution in [1.29, 1.82) is 0 Å². The van der Waals surface area contributed by atoms with Crippen molar-refractivity contribution in [3.63, 3.8) is 0 Å². The number of rotatable bonds is 5. The van der Waals surface area contributed by atoms with Gasteiger partial charge in [0.25, 0.3) is 0 Å². The normalized spacial score (nSPS) is 12.1. The van der Waals surface area contributed by atoms with Crippen molar-refractivity contribution in [3.8, 4) is 0 Å². The maximum atomic E-state index is 11.7. The lowest BCUT2D eigenvalue weighted by Crippen LogP contribution is -2.43. The van der Waals surface area contributed by atoms with Gasteiger partial charge in [-0.2, -0.15) is 0 Å². The minimum atomic E-state index is -0.488. The van der Waals surface area contributed by atoms with Crippen LogP contribution in [0.4, 0.5) is 4.79 Å². The lowest BCUT2D eigenvalue weighted by atomic mass is 10.3. The second-order valence-corrected chi connectivity index (χ2v) is 6.09. The number of carbonyl (C=O) groups excluding carboxylic acids is 2. The van der Waals surface area contributed by atoms with Crippen LogP contribution in [0.25, 0.3) is 11.2 Å². The van der Waals surface area contributed by atoms with Gasteiger partial charge in [0.05, 0.1) is 16.3 Å². The largest absolute Gasteiger partial charge is 0.335 e.